The van der Waals surface area contributed by atoms with E-state index in [1.165, 1.54) is 18.6 Å². The van der Waals surface area contributed by atoms with E-state index < -0.39 is 0 Å². The van der Waals surface area contributed by atoms with Crippen LogP contribution in [0.2, 0.25) is 0 Å². The Morgan fingerprint density at radius 2 is 2.37 bits per heavy atom. The van der Waals surface area contributed by atoms with Gasteiger partial charge in [0.05, 0.1) is 11.6 Å². The summed E-state index contributed by atoms with van der Waals surface area (Å²) < 4.78 is 0.306. The molecule has 0 amide bonds. The Morgan fingerprint density at radius 3 is 3.11 bits per heavy atom. The summed E-state index contributed by atoms with van der Waals surface area (Å²) in [6.07, 6.45) is 4.32. The number of nitrogens with one attached hydrogen (secondary N) is 3. The zero-order valence-electron chi connectivity index (χ0n) is 11.2. The standard InChI is InChI=1S/C12H18N6S/c1-12(4-3-5-19-12)7-14-9-8-6-15-18-10(8)17-11(13-2)16-9/h6H,3-5,7H2,1-2H3,(H3,13,14,15,16,17,18). The molecule has 1 aliphatic heterocycles. The second-order valence-corrected chi connectivity index (χ2v) is 6.72. The third-order valence-electron chi connectivity index (χ3n) is 3.46. The number of aromatic nitrogens is 4. The smallest absolute Gasteiger partial charge is 0.226 e. The maximum Gasteiger partial charge on any atom is 0.226 e. The van der Waals surface area contributed by atoms with Gasteiger partial charge in [0.1, 0.15) is 5.82 Å². The molecule has 6 nitrogen and oxygen atoms in total. The molecule has 1 saturated heterocycles. The van der Waals surface area contributed by atoms with Crippen LogP contribution in [0.25, 0.3) is 11.0 Å². The van der Waals surface area contributed by atoms with Gasteiger partial charge in [-0.05, 0) is 25.5 Å². The Labute approximate surface area is 116 Å². The van der Waals surface area contributed by atoms with E-state index in [0.29, 0.717) is 10.7 Å². The van der Waals surface area contributed by atoms with E-state index in [4.69, 9.17) is 0 Å². The van der Waals surface area contributed by atoms with Crippen LogP contribution >= 0.6 is 11.8 Å². The fraction of sp³-hybridized carbons (Fsp3) is 0.583. The Bertz CT molecular complexity index is 575. The van der Waals surface area contributed by atoms with E-state index >= 15 is 0 Å². The summed E-state index contributed by atoms with van der Waals surface area (Å²) in [6, 6.07) is 0. The van der Waals surface area contributed by atoms with Gasteiger partial charge >= 0.3 is 0 Å². The number of aromatic amines is 1. The summed E-state index contributed by atoms with van der Waals surface area (Å²) in [5.74, 6) is 2.70. The maximum absolute atomic E-state index is 4.48. The van der Waals surface area contributed by atoms with Gasteiger partial charge in [-0.25, -0.2) is 0 Å². The van der Waals surface area contributed by atoms with Crippen molar-refractivity contribution in [3.63, 3.8) is 0 Å². The van der Waals surface area contributed by atoms with E-state index in [9.17, 15) is 0 Å². The molecule has 2 aromatic heterocycles. The zero-order valence-corrected chi connectivity index (χ0v) is 12.0. The third kappa shape index (κ3) is 2.47. The average Bonchev–Trinajstić information content (AvgIpc) is 3.04. The van der Waals surface area contributed by atoms with Crippen molar-refractivity contribution in [3.05, 3.63) is 6.20 Å². The van der Waals surface area contributed by atoms with Gasteiger partial charge in [0.25, 0.3) is 0 Å². The number of fused-ring (bicyclic) bond motifs is 1. The molecule has 0 aromatic carbocycles. The highest BCUT2D eigenvalue weighted by Gasteiger charge is 2.29. The van der Waals surface area contributed by atoms with E-state index in [1.54, 1.807) is 6.20 Å². The summed E-state index contributed by atoms with van der Waals surface area (Å²) in [4.78, 5) is 8.81. The second kappa shape index (κ2) is 4.88. The van der Waals surface area contributed by atoms with Gasteiger partial charge in [-0.3, -0.25) is 5.10 Å². The second-order valence-electron chi connectivity index (χ2n) is 5.03. The maximum atomic E-state index is 4.48. The highest BCUT2D eigenvalue weighted by Crippen LogP contribution is 2.37. The first-order valence-corrected chi connectivity index (χ1v) is 7.45. The number of H-pyrrole nitrogens is 1. The number of hydrogen-bond acceptors (Lipinski definition) is 6. The van der Waals surface area contributed by atoms with Crippen LogP contribution in [0.4, 0.5) is 11.8 Å². The molecule has 2 aromatic rings. The largest absolute Gasteiger partial charge is 0.368 e. The lowest BCUT2D eigenvalue weighted by Gasteiger charge is -2.23. The Kier molecular flexibility index (Phi) is 3.22. The van der Waals surface area contributed by atoms with Gasteiger partial charge in [-0.15, -0.1) is 0 Å². The van der Waals surface area contributed by atoms with E-state index in [1.807, 2.05) is 18.8 Å². The van der Waals surface area contributed by atoms with Gasteiger partial charge in [0.15, 0.2) is 5.65 Å². The molecule has 1 fully saturated rings. The number of rotatable bonds is 4. The third-order valence-corrected chi connectivity index (χ3v) is 5.00. The minimum absolute atomic E-state index is 0.306. The van der Waals surface area contributed by atoms with Crippen molar-refractivity contribution in [3.8, 4) is 0 Å². The molecule has 3 N–H and O–H groups in total. The molecule has 1 aliphatic rings. The first kappa shape index (κ1) is 12.5. The van der Waals surface area contributed by atoms with Crippen molar-refractivity contribution >= 4 is 34.6 Å². The van der Waals surface area contributed by atoms with Gasteiger partial charge < -0.3 is 10.6 Å². The van der Waals surface area contributed by atoms with E-state index in [-0.39, 0.29) is 0 Å². The fourth-order valence-corrected chi connectivity index (χ4v) is 3.57. The van der Waals surface area contributed by atoms with Crippen molar-refractivity contribution < 1.29 is 0 Å². The lowest BCUT2D eigenvalue weighted by molar-refractivity contribution is 0.634. The molecule has 1 atom stereocenters. The number of anilines is 2. The Hall–Kier alpha value is -1.50. The molecule has 0 spiro atoms. The van der Waals surface area contributed by atoms with Gasteiger partial charge in [-0.2, -0.15) is 26.8 Å². The Balaban J connectivity index is 1.85. The molecule has 3 heterocycles. The van der Waals surface area contributed by atoms with Crippen LogP contribution in [-0.2, 0) is 0 Å². The molecule has 19 heavy (non-hydrogen) atoms. The zero-order chi connectivity index (χ0) is 13.3. The van der Waals surface area contributed by atoms with Crippen LogP contribution in [-0.4, -0.2) is 44.3 Å². The summed E-state index contributed by atoms with van der Waals surface area (Å²) in [5, 5.41) is 14.3. The van der Waals surface area contributed by atoms with Crippen molar-refractivity contribution in [2.75, 3.05) is 30.0 Å². The summed E-state index contributed by atoms with van der Waals surface area (Å²) in [5.41, 5.74) is 0.756. The quantitative estimate of drug-likeness (QED) is 0.795. The van der Waals surface area contributed by atoms with Crippen molar-refractivity contribution in [1.82, 2.24) is 20.2 Å². The van der Waals surface area contributed by atoms with Crippen molar-refractivity contribution in [2.24, 2.45) is 0 Å². The number of thioether (sulfide) groups is 1. The van der Waals surface area contributed by atoms with Gasteiger partial charge in [0, 0.05) is 18.3 Å². The molecule has 0 radical (unpaired) electrons. The van der Waals surface area contributed by atoms with E-state index in [0.717, 1.165) is 23.4 Å². The molecule has 0 bridgehead atoms. The van der Waals surface area contributed by atoms with Crippen LogP contribution in [0, 0.1) is 0 Å². The SMILES string of the molecule is CNc1nc(NCC2(C)CCCS2)c2cn[nH]c2n1. The molecular weight excluding hydrogens is 260 g/mol. The normalized spacial score (nSPS) is 22.8. The van der Waals surface area contributed by atoms with Crippen LogP contribution in [0.1, 0.15) is 19.8 Å². The minimum atomic E-state index is 0.306. The van der Waals surface area contributed by atoms with Gasteiger partial charge in [0.2, 0.25) is 5.95 Å². The average molecular weight is 278 g/mol. The molecule has 3 rings (SSSR count). The molecule has 0 aliphatic carbocycles. The first-order valence-electron chi connectivity index (χ1n) is 6.47. The highest BCUT2D eigenvalue weighted by molar-refractivity contribution is 8.00. The van der Waals surface area contributed by atoms with Crippen molar-refractivity contribution in [2.45, 2.75) is 24.5 Å². The Morgan fingerprint density at radius 1 is 1.47 bits per heavy atom. The summed E-state index contributed by atoms with van der Waals surface area (Å²) in [6.45, 7) is 3.22. The molecule has 0 saturated carbocycles. The van der Waals surface area contributed by atoms with Crippen molar-refractivity contribution in [1.29, 1.82) is 0 Å². The number of hydrogen-bond donors (Lipinski definition) is 3. The minimum Gasteiger partial charge on any atom is -0.368 e. The van der Waals surface area contributed by atoms with Crippen LogP contribution in [0.3, 0.4) is 0 Å². The van der Waals surface area contributed by atoms with E-state index in [2.05, 4.69) is 37.7 Å². The van der Waals surface area contributed by atoms with Crippen LogP contribution < -0.4 is 10.6 Å². The fourth-order valence-electron chi connectivity index (χ4n) is 2.33. The lowest BCUT2D eigenvalue weighted by Crippen LogP contribution is -2.27. The summed E-state index contributed by atoms with van der Waals surface area (Å²) in [7, 11) is 1.81. The molecule has 7 heteroatoms. The lowest BCUT2D eigenvalue weighted by atomic mass is 10.1. The summed E-state index contributed by atoms with van der Waals surface area (Å²) >= 11 is 2.04. The highest BCUT2D eigenvalue weighted by atomic mass is 32.2. The molecular formula is C12H18N6S. The topological polar surface area (TPSA) is 78.5 Å². The van der Waals surface area contributed by atoms with Crippen LogP contribution in [0.15, 0.2) is 6.20 Å². The number of nitrogens with zero attached hydrogens (tertiary/aromatic N) is 3. The molecule has 102 valence electrons. The predicted molar refractivity (Wildman–Crippen MR) is 79.8 cm³/mol. The predicted octanol–water partition coefficient (Wildman–Crippen LogP) is 2.09. The van der Waals surface area contributed by atoms with Crippen LogP contribution in [0.5, 0.6) is 0 Å². The monoisotopic (exact) mass is 278 g/mol. The molecule has 1 unspecified atom stereocenters. The van der Waals surface area contributed by atoms with Gasteiger partial charge in [-0.1, -0.05) is 0 Å². The first-order chi connectivity index (χ1) is 9.20.